The fourth-order valence-corrected chi connectivity index (χ4v) is 6.14. The second-order valence-corrected chi connectivity index (χ2v) is 12.6. The molecule has 4 aromatic rings. The number of amides is 1. The number of benzene rings is 3. The van der Waals surface area contributed by atoms with Gasteiger partial charge in [0, 0.05) is 18.7 Å². The molecule has 6 rings (SSSR count). The maximum absolute atomic E-state index is 15.3. The highest BCUT2D eigenvalue weighted by atomic mass is 19.4. The van der Waals surface area contributed by atoms with E-state index in [0.717, 1.165) is 12.1 Å². The van der Waals surface area contributed by atoms with Crippen molar-refractivity contribution in [1.82, 2.24) is 19.9 Å². The average Bonchev–Trinajstić information content (AvgIpc) is 3.27. The number of alkyl halides is 5. The molecule has 46 heavy (non-hydrogen) atoms. The van der Waals surface area contributed by atoms with Crippen LogP contribution in [0.15, 0.2) is 72.9 Å². The zero-order chi connectivity index (χ0) is 33.2. The molecule has 2 atom stereocenters. The Morgan fingerprint density at radius 1 is 0.935 bits per heavy atom. The van der Waals surface area contributed by atoms with Crippen LogP contribution in [0.25, 0.3) is 28.1 Å². The van der Waals surface area contributed by atoms with Crippen LogP contribution >= 0.6 is 0 Å². The summed E-state index contributed by atoms with van der Waals surface area (Å²) in [4.78, 5) is 25.8. The van der Waals surface area contributed by atoms with Crippen LogP contribution in [0.4, 0.5) is 26.7 Å². The molecule has 2 unspecified atom stereocenters. The highest BCUT2D eigenvalue weighted by Crippen LogP contribution is 2.70. The molecule has 1 aromatic heterocycles. The summed E-state index contributed by atoms with van der Waals surface area (Å²) in [7, 11) is 0. The first-order valence-corrected chi connectivity index (χ1v) is 14.4. The van der Waals surface area contributed by atoms with Crippen molar-refractivity contribution in [3.8, 4) is 28.1 Å². The van der Waals surface area contributed by atoms with Crippen molar-refractivity contribution in [2.75, 3.05) is 13.1 Å². The van der Waals surface area contributed by atoms with Crippen molar-refractivity contribution < 1.29 is 41.4 Å². The number of aromatic nitrogens is 3. The second-order valence-electron chi connectivity index (χ2n) is 12.6. The molecular formula is C33H29F5N4O4. The number of hydrogen-bond acceptors (Lipinski definition) is 5. The molecular weight excluding hydrogens is 611 g/mol. The van der Waals surface area contributed by atoms with Crippen LogP contribution in [-0.2, 0) is 16.3 Å². The molecule has 1 saturated carbocycles. The fourth-order valence-electron chi connectivity index (χ4n) is 6.14. The number of fused-ring (bicyclic) bond motifs is 1. The van der Waals surface area contributed by atoms with Crippen LogP contribution in [0.2, 0.25) is 0 Å². The highest BCUT2D eigenvalue weighted by molar-refractivity contribution is 5.90. The Balaban J connectivity index is 1.25. The van der Waals surface area contributed by atoms with Crippen LogP contribution in [0, 0.1) is 5.92 Å². The first kappa shape index (κ1) is 31.2. The second kappa shape index (κ2) is 10.6. The summed E-state index contributed by atoms with van der Waals surface area (Å²) < 4.78 is 76.2. The van der Waals surface area contributed by atoms with Gasteiger partial charge in [-0.1, -0.05) is 41.6 Å². The minimum Gasteiger partial charge on any atom is -0.478 e. The summed E-state index contributed by atoms with van der Waals surface area (Å²) in [5, 5.41) is 17.9. The normalized spacial score (nSPS) is 20.6. The highest BCUT2D eigenvalue weighted by Gasteiger charge is 2.82. The number of carboxylic acid groups (broad SMARTS) is 1. The van der Waals surface area contributed by atoms with Crippen molar-refractivity contribution in [2.45, 2.75) is 50.3 Å². The van der Waals surface area contributed by atoms with Crippen molar-refractivity contribution >= 4 is 12.1 Å². The Hall–Kier alpha value is -4.81. The van der Waals surface area contributed by atoms with Crippen molar-refractivity contribution in [3.63, 3.8) is 0 Å². The smallest absolute Gasteiger partial charge is 0.416 e. The molecule has 1 N–H and O–H groups in total. The summed E-state index contributed by atoms with van der Waals surface area (Å²) in [6.45, 7) is 5.15. The summed E-state index contributed by atoms with van der Waals surface area (Å²) in [6.07, 6.45) is -3.57. The molecule has 0 bridgehead atoms. The van der Waals surface area contributed by atoms with E-state index in [-0.39, 0.29) is 30.8 Å². The number of piperidine rings is 1. The predicted octanol–water partition coefficient (Wildman–Crippen LogP) is 7.46. The number of halogens is 5. The van der Waals surface area contributed by atoms with Gasteiger partial charge in [-0.15, -0.1) is 5.10 Å². The van der Waals surface area contributed by atoms with Gasteiger partial charge in [-0.25, -0.2) is 23.1 Å². The molecule has 0 spiro atoms. The Morgan fingerprint density at radius 3 is 2.17 bits per heavy atom. The van der Waals surface area contributed by atoms with E-state index in [9.17, 15) is 27.9 Å². The van der Waals surface area contributed by atoms with Crippen molar-refractivity contribution in [2.24, 2.45) is 5.92 Å². The number of carbonyl (C=O) groups excluding carboxylic acids is 1. The van der Waals surface area contributed by atoms with Crippen LogP contribution in [0.5, 0.6) is 0 Å². The Bertz CT molecular complexity index is 1810. The van der Waals surface area contributed by atoms with Gasteiger partial charge in [0.05, 0.1) is 34.3 Å². The molecule has 1 amide bonds. The number of nitrogens with zero attached hydrogens (tertiary/aromatic N) is 4. The molecule has 2 fully saturated rings. The third kappa shape index (κ3) is 5.47. The minimum absolute atomic E-state index is 0.0648. The summed E-state index contributed by atoms with van der Waals surface area (Å²) in [5.41, 5.74) is -0.558. The molecule has 240 valence electrons. The van der Waals surface area contributed by atoms with Gasteiger partial charge in [0.15, 0.2) is 0 Å². The molecule has 0 radical (unpaired) electrons. The first-order chi connectivity index (χ1) is 21.5. The monoisotopic (exact) mass is 640 g/mol. The molecule has 8 nitrogen and oxygen atoms in total. The lowest BCUT2D eigenvalue weighted by Gasteiger charge is -2.32. The summed E-state index contributed by atoms with van der Waals surface area (Å²) in [5.74, 6) is -5.28. The van der Waals surface area contributed by atoms with E-state index >= 15 is 8.78 Å². The van der Waals surface area contributed by atoms with E-state index in [0.29, 0.717) is 27.9 Å². The number of carbonyl (C=O) groups is 2. The number of hydrogen-bond donors (Lipinski definition) is 1. The zero-order valence-electron chi connectivity index (χ0n) is 25.0. The van der Waals surface area contributed by atoms with Gasteiger partial charge < -0.3 is 14.7 Å². The lowest BCUT2D eigenvalue weighted by molar-refractivity contribution is -0.137. The van der Waals surface area contributed by atoms with Crippen LogP contribution in [-0.4, -0.2) is 61.7 Å². The van der Waals surface area contributed by atoms with Gasteiger partial charge in [0.1, 0.15) is 11.3 Å². The first-order valence-electron chi connectivity index (χ1n) is 14.4. The number of ether oxygens (including phenoxy) is 1. The van der Waals surface area contributed by atoms with Gasteiger partial charge in [-0.3, -0.25) is 0 Å². The van der Waals surface area contributed by atoms with Gasteiger partial charge in [0.25, 0.3) is 5.92 Å². The minimum atomic E-state index is -4.48. The van der Waals surface area contributed by atoms with Gasteiger partial charge in [-0.2, -0.15) is 13.2 Å². The van der Waals surface area contributed by atoms with Crippen LogP contribution < -0.4 is 0 Å². The quantitative estimate of drug-likeness (QED) is 0.228. The molecule has 13 heteroatoms. The number of carboxylic acids is 1. The van der Waals surface area contributed by atoms with Crippen molar-refractivity contribution in [3.05, 3.63) is 89.6 Å². The van der Waals surface area contributed by atoms with E-state index in [1.54, 1.807) is 51.1 Å². The SMILES string of the molecule is CC(C)(C)OC(=O)N1CCC2(c3ccc(-c4cc(C(=O)O)cc(-n5cc(-c6ccc(C(F)(F)F)cc6)nn5)c4)cc3)C(C1)C2(F)F. The molecule has 2 heterocycles. The zero-order valence-corrected chi connectivity index (χ0v) is 25.0. The third-order valence-electron chi connectivity index (χ3n) is 8.54. The van der Waals surface area contributed by atoms with Gasteiger partial charge >= 0.3 is 18.2 Å². The fraction of sp³-hybridized carbons (Fsp3) is 0.333. The van der Waals surface area contributed by atoms with Gasteiger partial charge in [-0.05, 0) is 74.2 Å². The number of likely N-dealkylation sites (tertiary alicyclic amines) is 1. The molecule has 2 aliphatic rings. The van der Waals surface area contributed by atoms with Gasteiger partial charge in [0.2, 0.25) is 0 Å². The third-order valence-corrected chi connectivity index (χ3v) is 8.54. The summed E-state index contributed by atoms with van der Waals surface area (Å²) in [6, 6.07) is 15.4. The molecule has 1 aliphatic carbocycles. The maximum atomic E-state index is 15.3. The molecule has 1 aliphatic heterocycles. The maximum Gasteiger partial charge on any atom is 0.416 e. The van der Waals surface area contributed by atoms with E-state index in [1.807, 2.05) is 0 Å². The predicted molar refractivity (Wildman–Crippen MR) is 157 cm³/mol. The van der Waals surface area contributed by atoms with Crippen LogP contribution in [0.3, 0.4) is 0 Å². The molecule has 1 saturated heterocycles. The van der Waals surface area contributed by atoms with E-state index in [4.69, 9.17) is 4.74 Å². The largest absolute Gasteiger partial charge is 0.478 e. The lowest BCUT2D eigenvalue weighted by atomic mass is 9.86. The number of rotatable bonds is 5. The Labute approximate surface area is 260 Å². The van der Waals surface area contributed by atoms with E-state index < -0.39 is 46.7 Å². The van der Waals surface area contributed by atoms with E-state index in [2.05, 4.69) is 10.3 Å². The standard InChI is InChI=1S/C33H29F5N4O4/c1-30(2,3)46-29(45)41-13-12-31(27(18-41)32(31,34)35)23-8-4-19(5-9-23)21-14-22(28(43)44)16-25(15-21)42-17-26(39-40-42)20-6-10-24(11-7-20)33(36,37)38/h4-11,14-17,27H,12-13,18H2,1-3H3,(H,43,44). The topological polar surface area (TPSA) is 97.6 Å². The Kier molecular flexibility index (Phi) is 7.21. The Morgan fingerprint density at radius 2 is 1.59 bits per heavy atom. The average molecular weight is 641 g/mol. The lowest BCUT2D eigenvalue weighted by Crippen LogP contribution is -2.43. The van der Waals surface area contributed by atoms with E-state index in [1.165, 1.54) is 40.0 Å². The molecule has 3 aromatic carbocycles. The summed E-state index contributed by atoms with van der Waals surface area (Å²) >= 11 is 0. The van der Waals surface area contributed by atoms with Crippen molar-refractivity contribution in [1.29, 1.82) is 0 Å². The van der Waals surface area contributed by atoms with Crippen LogP contribution in [0.1, 0.15) is 48.7 Å². The number of aromatic carboxylic acids is 1.